The summed E-state index contributed by atoms with van der Waals surface area (Å²) in [6.45, 7) is 3.06. The van der Waals surface area contributed by atoms with Crippen LogP contribution in [-0.2, 0) is 0 Å². The molecule has 1 unspecified atom stereocenters. The molecule has 0 bridgehead atoms. The Bertz CT molecular complexity index is 839. The molecule has 3 aromatic rings. The molecule has 3 rings (SSSR count). The van der Waals surface area contributed by atoms with Gasteiger partial charge in [-0.2, -0.15) is 0 Å². The van der Waals surface area contributed by atoms with E-state index in [1.807, 2.05) is 26.2 Å². The third kappa shape index (κ3) is 3.66. The first-order valence-electron chi connectivity index (χ1n) is 8.57. The molecule has 4 nitrogen and oxygen atoms in total. The Hall–Kier alpha value is -2.40. The van der Waals surface area contributed by atoms with Gasteiger partial charge in [0.05, 0.1) is 16.7 Å². The number of pyridine rings is 1. The molecular formula is C20H24N4S. The second-order valence-electron chi connectivity index (χ2n) is 6.25. The first-order chi connectivity index (χ1) is 12.1. The Balaban J connectivity index is 1.84. The average Bonchev–Trinajstić information content (AvgIpc) is 2.66. The van der Waals surface area contributed by atoms with E-state index in [-0.39, 0.29) is 0 Å². The van der Waals surface area contributed by atoms with E-state index in [2.05, 4.69) is 58.9 Å². The molecule has 5 heteroatoms. The summed E-state index contributed by atoms with van der Waals surface area (Å²) in [7, 11) is 3.89. The highest BCUT2D eigenvalue weighted by Gasteiger charge is 2.12. The lowest BCUT2D eigenvalue weighted by molar-refractivity contribution is 0.373. The highest BCUT2D eigenvalue weighted by atomic mass is 32.1. The van der Waals surface area contributed by atoms with Crippen molar-refractivity contribution in [2.24, 2.45) is 0 Å². The van der Waals surface area contributed by atoms with Crippen LogP contribution in [0.1, 0.15) is 13.3 Å². The van der Waals surface area contributed by atoms with Crippen molar-refractivity contribution in [3.05, 3.63) is 48.5 Å². The molecule has 0 radical (unpaired) electrons. The summed E-state index contributed by atoms with van der Waals surface area (Å²) in [5, 5.41) is 9.76. The van der Waals surface area contributed by atoms with Crippen molar-refractivity contribution < 1.29 is 0 Å². The summed E-state index contributed by atoms with van der Waals surface area (Å²) in [5.74, 6) is 0. The third-order valence-corrected chi connectivity index (χ3v) is 5.14. The van der Waals surface area contributed by atoms with Crippen molar-refractivity contribution in [2.75, 3.05) is 26.0 Å². The van der Waals surface area contributed by atoms with Crippen LogP contribution in [0.15, 0.2) is 48.5 Å². The normalized spacial score (nSPS) is 12.1. The number of nitrogens with one attached hydrogen (secondary N) is 2. The number of hydrogen-bond acceptors (Lipinski definition) is 3. The summed E-state index contributed by atoms with van der Waals surface area (Å²) in [6.07, 6.45) is 0.989. The van der Waals surface area contributed by atoms with Crippen LogP contribution in [0.5, 0.6) is 0 Å². The van der Waals surface area contributed by atoms with Crippen LogP contribution < -0.4 is 10.6 Å². The molecule has 0 spiro atoms. The first kappa shape index (κ1) is 17.4. The van der Waals surface area contributed by atoms with E-state index in [1.165, 1.54) is 0 Å². The smallest absolute Gasteiger partial charge is 0.168 e. The molecule has 1 aromatic heterocycles. The molecule has 0 saturated carbocycles. The van der Waals surface area contributed by atoms with Gasteiger partial charge in [-0.1, -0.05) is 36.4 Å². The summed E-state index contributed by atoms with van der Waals surface area (Å²) in [5.41, 5.74) is 3.20. The van der Waals surface area contributed by atoms with E-state index in [0.717, 1.165) is 45.6 Å². The first-order valence-corrected chi connectivity index (χ1v) is 8.98. The van der Waals surface area contributed by atoms with Crippen LogP contribution in [0.25, 0.3) is 21.8 Å². The predicted octanol–water partition coefficient (Wildman–Crippen LogP) is 4.01. The van der Waals surface area contributed by atoms with Crippen LogP contribution in [-0.4, -0.2) is 41.7 Å². The van der Waals surface area contributed by atoms with Crippen LogP contribution in [0, 0.1) is 0 Å². The summed E-state index contributed by atoms with van der Waals surface area (Å²) >= 11 is 5.31. The molecule has 0 aliphatic rings. The Morgan fingerprint density at radius 1 is 1.08 bits per heavy atom. The second-order valence-corrected chi connectivity index (χ2v) is 6.64. The van der Waals surface area contributed by atoms with E-state index in [1.54, 1.807) is 0 Å². The number of anilines is 1. The number of thiocarbonyl (C=S) groups is 1. The van der Waals surface area contributed by atoms with Gasteiger partial charge in [-0.05, 0) is 37.7 Å². The third-order valence-electron chi connectivity index (χ3n) is 4.65. The van der Waals surface area contributed by atoms with Gasteiger partial charge in [0, 0.05) is 37.5 Å². The molecule has 130 valence electrons. The molecule has 25 heavy (non-hydrogen) atoms. The van der Waals surface area contributed by atoms with Gasteiger partial charge in [-0.3, -0.25) is 0 Å². The summed E-state index contributed by atoms with van der Waals surface area (Å²) in [4.78, 5) is 6.87. The zero-order chi connectivity index (χ0) is 17.8. The maximum Gasteiger partial charge on any atom is 0.168 e. The Labute approximate surface area is 154 Å². The monoisotopic (exact) mass is 352 g/mol. The van der Waals surface area contributed by atoms with Crippen molar-refractivity contribution in [3.8, 4) is 0 Å². The molecular weight excluding hydrogens is 328 g/mol. The van der Waals surface area contributed by atoms with Crippen molar-refractivity contribution >= 4 is 44.8 Å². The lowest BCUT2D eigenvalue weighted by atomic mass is 10.1. The standard InChI is InChI=1S/C20H24N4S/c1-14(24(3)20(25)21-2)12-13-22-19-15-8-4-6-10-17(15)23-18-11-7-5-9-16(18)19/h4-11,14H,12-13H2,1-3H3,(H,21,25)(H,22,23). The zero-order valence-corrected chi connectivity index (χ0v) is 15.7. The van der Waals surface area contributed by atoms with E-state index >= 15 is 0 Å². The fourth-order valence-electron chi connectivity index (χ4n) is 3.01. The van der Waals surface area contributed by atoms with Crippen LogP contribution in [0.3, 0.4) is 0 Å². The number of fused-ring (bicyclic) bond motifs is 2. The maximum atomic E-state index is 5.31. The molecule has 0 aliphatic heterocycles. The topological polar surface area (TPSA) is 40.2 Å². The van der Waals surface area contributed by atoms with E-state index in [9.17, 15) is 0 Å². The van der Waals surface area contributed by atoms with Gasteiger partial charge in [-0.15, -0.1) is 0 Å². The van der Waals surface area contributed by atoms with Gasteiger partial charge >= 0.3 is 0 Å². The SMILES string of the molecule is CNC(=S)N(C)C(C)CCNc1c2ccccc2nc2ccccc12. The quantitative estimate of drug-likeness (QED) is 0.536. The van der Waals surface area contributed by atoms with Gasteiger partial charge in [0.2, 0.25) is 0 Å². The van der Waals surface area contributed by atoms with Crippen molar-refractivity contribution in [2.45, 2.75) is 19.4 Å². The van der Waals surface area contributed by atoms with Gasteiger partial charge in [0.25, 0.3) is 0 Å². The number of aromatic nitrogens is 1. The molecule has 0 fully saturated rings. The Kier molecular flexibility index (Phi) is 5.34. The van der Waals surface area contributed by atoms with Gasteiger partial charge in [0.15, 0.2) is 5.11 Å². The van der Waals surface area contributed by atoms with Gasteiger partial charge in [0.1, 0.15) is 0 Å². The minimum atomic E-state index is 0.354. The lowest BCUT2D eigenvalue weighted by Crippen LogP contribution is -2.41. The van der Waals surface area contributed by atoms with Crippen LogP contribution >= 0.6 is 12.2 Å². The van der Waals surface area contributed by atoms with Crippen molar-refractivity contribution in [3.63, 3.8) is 0 Å². The molecule has 1 heterocycles. The van der Waals surface area contributed by atoms with Crippen molar-refractivity contribution in [1.82, 2.24) is 15.2 Å². The second kappa shape index (κ2) is 7.66. The average molecular weight is 353 g/mol. The zero-order valence-electron chi connectivity index (χ0n) is 14.9. The number of nitrogens with zero attached hydrogens (tertiary/aromatic N) is 2. The highest BCUT2D eigenvalue weighted by Crippen LogP contribution is 2.30. The summed E-state index contributed by atoms with van der Waals surface area (Å²) < 4.78 is 0. The minimum absolute atomic E-state index is 0.354. The molecule has 2 aromatic carbocycles. The fraction of sp³-hybridized carbons (Fsp3) is 0.300. The highest BCUT2D eigenvalue weighted by molar-refractivity contribution is 7.80. The lowest BCUT2D eigenvalue weighted by Gasteiger charge is -2.27. The van der Waals surface area contributed by atoms with Gasteiger partial charge in [-0.25, -0.2) is 4.98 Å². The molecule has 0 saturated heterocycles. The fourth-order valence-corrected chi connectivity index (χ4v) is 3.19. The van der Waals surface area contributed by atoms with Crippen LogP contribution in [0.4, 0.5) is 5.69 Å². The maximum absolute atomic E-state index is 5.31. The molecule has 0 aliphatic carbocycles. The Morgan fingerprint density at radius 2 is 1.64 bits per heavy atom. The minimum Gasteiger partial charge on any atom is -0.384 e. The number of rotatable bonds is 5. The largest absolute Gasteiger partial charge is 0.384 e. The number of benzene rings is 2. The Morgan fingerprint density at radius 3 is 2.20 bits per heavy atom. The molecule has 1 atom stereocenters. The van der Waals surface area contributed by atoms with E-state index in [0.29, 0.717) is 6.04 Å². The predicted molar refractivity (Wildman–Crippen MR) is 111 cm³/mol. The van der Waals surface area contributed by atoms with E-state index < -0.39 is 0 Å². The summed E-state index contributed by atoms with van der Waals surface area (Å²) in [6, 6.07) is 16.9. The van der Waals surface area contributed by atoms with Crippen molar-refractivity contribution in [1.29, 1.82) is 0 Å². The number of para-hydroxylation sites is 2. The number of hydrogen-bond donors (Lipinski definition) is 2. The van der Waals surface area contributed by atoms with Gasteiger partial charge < -0.3 is 15.5 Å². The van der Waals surface area contributed by atoms with Crippen LogP contribution in [0.2, 0.25) is 0 Å². The molecule has 2 N–H and O–H groups in total. The molecule has 0 amide bonds. The van der Waals surface area contributed by atoms with E-state index in [4.69, 9.17) is 17.2 Å².